The standard InChI is InChI=1S/C18H20N2O3S/c1-4-13-16(21)20-15(12-9-7-6-8-10-12)14(17(22)23-5-2)11(3)19-18(20)24-13/h6-10,13,15H,4-5H2,1-3H3/t13-,15-/m1/s1. The highest BCUT2D eigenvalue weighted by atomic mass is 32.2. The molecule has 2 heterocycles. The Hall–Kier alpha value is -2.08. The predicted molar refractivity (Wildman–Crippen MR) is 94.5 cm³/mol. The first-order chi connectivity index (χ1) is 11.6. The van der Waals surface area contributed by atoms with Crippen LogP contribution in [0.3, 0.4) is 0 Å². The summed E-state index contributed by atoms with van der Waals surface area (Å²) in [5.41, 5.74) is 1.95. The van der Waals surface area contributed by atoms with Gasteiger partial charge in [0.15, 0.2) is 5.17 Å². The van der Waals surface area contributed by atoms with Crippen LogP contribution in [0.2, 0.25) is 0 Å². The molecule has 2 atom stereocenters. The zero-order valence-corrected chi connectivity index (χ0v) is 14.8. The maximum Gasteiger partial charge on any atom is 0.338 e. The van der Waals surface area contributed by atoms with Gasteiger partial charge >= 0.3 is 5.97 Å². The number of thioether (sulfide) groups is 1. The van der Waals surface area contributed by atoms with E-state index in [0.29, 0.717) is 16.4 Å². The Kier molecular flexibility index (Phi) is 4.76. The zero-order chi connectivity index (χ0) is 17.3. The van der Waals surface area contributed by atoms with Gasteiger partial charge in [-0.2, -0.15) is 0 Å². The monoisotopic (exact) mass is 344 g/mol. The van der Waals surface area contributed by atoms with E-state index in [9.17, 15) is 9.59 Å². The third-order valence-corrected chi connectivity index (χ3v) is 5.45. The number of hydrogen-bond donors (Lipinski definition) is 0. The van der Waals surface area contributed by atoms with E-state index in [1.54, 1.807) is 18.7 Å². The lowest BCUT2D eigenvalue weighted by atomic mass is 9.94. The number of hydrogen-bond acceptors (Lipinski definition) is 5. The summed E-state index contributed by atoms with van der Waals surface area (Å²) in [6, 6.07) is 9.11. The third kappa shape index (κ3) is 2.75. The first-order valence-electron chi connectivity index (χ1n) is 8.09. The number of carbonyl (C=O) groups is 2. The molecule has 1 saturated heterocycles. The van der Waals surface area contributed by atoms with Crippen molar-refractivity contribution in [3.8, 4) is 0 Å². The fraction of sp³-hybridized carbons (Fsp3) is 0.389. The average molecular weight is 344 g/mol. The second kappa shape index (κ2) is 6.81. The first-order valence-corrected chi connectivity index (χ1v) is 8.97. The van der Waals surface area contributed by atoms with E-state index in [-0.39, 0.29) is 17.8 Å². The third-order valence-electron chi connectivity index (χ3n) is 4.13. The van der Waals surface area contributed by atoms with Crippen molar-refractivity contribution in [2.24, 2.45) is 4.99 Å². The minimum absolute atomic E-state index is 0.00408. The maximum absolute atomic E-state index is 12.8. The number of aliphatic imine (C=N–C) groups is 1. The molecule has 0 spiro atoms. The van der Waals surface area contributed by atoms with Crippen LogP contribution in [0.5, 0.6) is 0 Å². The summed E-state index contributed by atoms with van der Waals surface area (Å²) < 4.78 is 5.23. The van der Waals surface area contributed by atoms with Gasteiger partial charge in [0.1, 0.15) is 0 Å². The van der Waals surface area contributed by atoms with Crippen LogP contribution in [0.15, 0.2) is 46.6 Å². The van der Waals surface area contributed by atoms with Gasteiger partial charge in [0.05, 0.1) is 29.2 Å². The number of benzene rings is 1. The summed E-state index contributed by atoms with van der Waals surface area (Å²) >= 11 is 1.47. The Morgan fingerprint density at radius 1 is 1.29 bits per heavy atom. The summed E-state index contributed by atoms with van der Waals surface area (Å²) in [6.07, 6.45) is 0.730. The van der Waals surface area contributed by atoms with Crippen molar-refractivity contribution in [2.75, 3.05) is 6.61 Å². The number of fused-ring (bicyclic) bond motifs is 1. The fourth-order valence-corrected chi connectivity index (χ4v) is 4.14. The summed E-state index contributed by atoms with van der Waals surface area (Å²) in [5, 5.41) is 0.524. The van der Waals surface area contributed by atoms with Gasteiger partial charge in [0, 0.05) is 0 Å². The van der Waals surface area contributed by atoms with Gasteiger partial charge in [-0.05, 0) is 25.8 Å². The Bertz CT molecular complexity index is 727. The lowest BCUT2D eigenvalue weighted by Crippen LogP contribution is -2.40. The van der Waals surface area contributed by atoms with Crippen LogP contribution in [0, 0.1) is 0 Å². The highest BCUT2D eigenvalue weighted by Crippen LogP contribution is 2.43. The summed E-state index contributed by atoms with van der Waals surface area (Å²) in [4.78, 5) is 31.6. The number of nitrogens with zero attached hydrogens (tertiary/aromatic N) is 2. The Labute approximate surface area is 145 Å². The highest BCUT2D eigenvalue weighted by Gasteiger charge is 2.47. The van der Waals surface area contributed by atoms with Crippen LogP contribution >= 0.6 is 11.8 Å². The van der Waals surface area contributed by atoms with Crippen LogP contribution in [0.25, 0.3) is 0 Å². The van der Waals surface area contributed by atoms with Gasteiger partial charge in [-0.3, -0.25) is 9.69 Å². The molecule has 1 fully saturated rings. The van der Waals surface area contributed by atoms with Crippen molar-refractivity contribution in [1.82, 2.24) is 4.90 Å². The molecule has 0 saturated carbocycles. The fourth-order valence-electron chi connectivity index (χ4n) is 3.01. The van der Waals surface area contributed by atoms with E-state index in [0.717, 1.165) is 12.0 Å². The molecule has 126 valence electrons. The number of carbonyl (C=O) groups excluding carboxylic acids is 2. The first kappa shape index (κ1) is 16.8. The van der Waals surface area contributed by atoms with E-state index in [1.807, 2.05) is 37.3 Å². The predicted octanol–water partition coefficient (Wildman–Crippen LogP) is 3.29. The molecule has 6 heteroatoms. The number of esters is 1. The van der Waals surface area contributed by atoms with Crippen LogP contribution in [-0.4, -0.2) is 33.8 Å². The van der Waals surface area contributed by atoms with Crippen molar-refractivity contribution >= 4 is 28.8 Å². The zero-order valence-electron chi connectivity index (χ0n) is 14.0. The van der Waals surface area contributed by atoms with Gasteiger partial charge in [0.2, 0.25) is 5.91 Å². The van der Waals surface area contributed by atoms with Crippen molar-refractivity contribution in [1.29, 1.82) is 0 Å². The highest BCUT2D eigenvalue weighted by molar-refractivity contribution is 8.15. The molecule has 0 bridgehead atoms. The van der Waals surface area contributed by atoms with Crippen LogP contribution in [0.1, 0.15) is 38.8 Å². The van der Waals surface area contributed by atoms with E-state index in [2.05, 4.69) is 4.99 Å². The molecule has 0 aromatic heterocycles. The van der Waals surface area contributed by atoms with E-state index in [1.165, 1.54) is 11.8 Å². The summed E-state index contributed by atoms with van der Waals surface area (Å²) in [6.45, 7) is 5.84. The molecule has 1 aromatic rings. The molecular formula is C18H20N2O3S. The smallest absolute Gasteiger partial charge is 0.338 e. The Balaban J connectivity index is 2.12. The second-order valence-electron chi connectivity index (χ2n) is 5.65. The molecule has 24 heavy (non-hydrogen) atoms. The van der Waals surface area contributed by atoms with Gasteiger partial charge in [0.25, 0.3) is 0 Å². The average Bonchev–Trinajstić information content (AvgIpc) is 2.90. The number of amides is 1. The molecule has 0 N–H and O–H groups in total. The number of rotatable bonds is 4. The van der Waals surface area contributed by atoms with Crippen molar-refractivity contribution in [3.05, 3.63) is 47.2 Å². The van der Waals surface area contributed by atoms with Crippen molar-refractivity contribution in [2.45, 2.75) is 38.5 Å². The lowest BCUT2D eigenvalue weighted by Gasteiger charge is -2.33. The molecule has 1 aromatic carbocycles. The van der Waals surface area contributed by atoms with Crippen molar-refractivity contribution < 1.29 is 14.3 Å². The topological polar surface area (TPSA) is 59.0 Å². The summed E-state index contributed by atoms with van der Waals surface area (Å²) in [7, 11) is 0. The maximum atomic E-state index is 12.8. The molecular weight excluding hydrogens is 324 g/mol. The molecule has 1 amide bonds. The van der Waals surface area contributed by atoms with Crippen LogP contribution < -0.4 is 0 Å². The molecule has 0 radical (unpaired) electrons. The lowest BCUT2D eigenvalue weighted by molar-refractivity contribution is -0.139. The van der Waals surface area contributed by atoms with Gasteiger partial charge in [-0.1, -0.05) is 49.0 Å². The van der Waals surface area contributed by atoms with E-state index < -0.39 is 12.0 Å². The van der Waals surface area contributed by atoms with Crippen LogP contribution in [0.4, 0.5) is 0 Å². The minimum atomic E-state index is -0.478. The number of amidine groups is 1. The molecule has 0 unspecified atom stereocenters. The molecule has 0 aliphatic carbocycles. The van der Waals surface area contributed by atoms with Gasteiger partial charge in [-0.25, -0.2) is 9.79 Å². The SMILES string of the molecule is CCOC(=O)C1=C(C)N=C2S[C@H](CC)C(=O)N2[C@@H]1c1ccccc1. The second-order valence-corrected chi connectivity index (χ2v) is 6.82. The minimum Gasteiger partial charge on any atom is -0.463 e. The number of allylic oxidation sites excluding steroid dienone is 1. The summed E-state index contributed by atoms with van der Waals surface area (Å²) in [5.74, 6) is -0.409. The quantitative estimate of drug-likeness (QED) is 0.787. The van der Waals surface area contributed by atoms with Crippen LogP contribution in [-0.2, 0) is 14.3 Å². The largest absolute Gasteiger partial charge is 0.463 e. The van der Waals surface area contributed by atoms with Gasteiger partial charge in [-0.15, -0.1) is 0 Å². The molecule has 2 aliphatic rings. The van der Waals surface area contributed by atoms with E-state index >= 15 is 0 Å². The van der Waals surface area contributed by atoms with Crippen molar-refractivity contribution in [3.63, 3.8) is 0 Å². The van der Waals surface area contributed by atoms with Gasteiger partial charge < -0.3 is 4.74 Å². The number of ether oxygens (including phenoxy) is 1. The molecule has 5 nitrogen and oxygen atoms in total. The normalized spacial score (nSPS) is 23.2. The Morgan fingerprint density at radius 3 is 2.62 bits per heavy atom. The molecule has 2 aliphatic heterocycles. The molecule has 3 rings (SSSR count). The van der Waals surface area contributed by atoms with E-state index in [4.69, 9.17) is 4.74 Å². The Morgan fingerprint density at radius 2 is 2.00 bits per heavy atom.